The molecular weight excluding hydrogens is 394 g/mol. The molecule has 1 aromatic heterocycles. The third kappa shape index (κ3) is 2.70. The number of aromatic nitrogens is 1. The van der Waals surface area contributed by atoms with E-state index in [1.54, 1.807) is 0 Å². The number of ketones is 1. The first kappa shape index (κ1) is 20.4. The number of allylic oxidation sites excluding steroid dienone is 3. The normalized spacial score (nSPS) is 39.9. The molecule has 1 aromatic rings. The van der Waals surface area contributed by atoms with Crippen LogP contribution in [0.15, 0.2) is 60.0 Å². The summed E-state index contributed by atoms with van der Waals surface area (Å²) in [5.41, 5.74) is 6.06. The van der Waals surface area contributed by atoms with Gasteiger partial charge in [0, 0.05) is 25.2 Å². The highest BCUT2D eigenvalue weighted by Gasteiger charge is 2.66. The summed E-state index contributed by atoms with van der Waals surface area (Å²) in [6.07, 6.45) is 20.7. The fourth-order valence-corrected chi connectivity index (χ4v) is 7.82. The Balaban J connectivity index is 1.32. The maximum absolute atomic E-state index is 12.4. The van der Waals surface area contributed by atoms with Crippen LogP contribution in [0.4, 0.5) is 0 Å². The molecule has 3 fully saturated rings. The van der Waals surface area contributed by atoms with Crippen molar-refractivity contribution in [2.45, 2.75) is 76.4 Å². The van der Waals surface area contributed by atoms with Gasteiger partial charge in [-0.1, -0.05) is 43.4 Å². The molecule has 0 radical (unpaired) electrons. The van der Waals surface area contributed by atoms with Gasteiger partial charge in [0.1, 0.15) is 5.78 Å². The summed E-state index contributed by atoms with van der Waals surface area (Å²) in [7, 11) is 0. The van der Waals surface area contributed by atoms with E-state index >= 15 is 0 Å². The van der Waals surface area contributed by atoms with E-state index in [1.165, 1.54) is 34.3 Å². The number of carbonyl (C=O) groups excluding carboxylic acids is 1. The van der Waals surface area contributed by atoms with Gasteiger partial charge < -0.3 is 4.74 Å². The van der Waals surface area contributed by atoms with Gasteiger partial charge in [0.2, 0.25) is 0 Å². The third-order valence-corrected chi connectivity index (χ3v) is 9.49. The van der Waals surface area contributed by atoms with Gasteiger partial charge in [0.05, 0.1) is 11.2 Å². The van der Waals surface area contributed by atoms with Gasteiger partial charge in [-0.15, -0.1) is 0 Å². The zero-order valence-electron chi connectivity index (χ0n) is 19.3. The summed E-state index contributed by atoms with van der Waals surface area (Å²) in [5.74, 6) is 1.32. The van der Waals surface area contributed by atoms with Crippen LogP contribution in [0.5, 0.6) is 0 Å². The Labute approximate surface area is 191 Å². The maximum atomic E-state index is 12.4. The molecule has 3 heteroatoms. The van der Waals surface area contributed by atoms with Crippen LogP contribution in [0.25, 0.3) is 6.08 Å². The number of rotatable bonds is 3. The first-order valence-electron chi connectivity index (χ1n) is 12.3. The molecule has 2 bridgehead atoms. The van der Waals surface area contributed by atoms with Crippen molar-refractivity contribution in [1.82, 2.24) is 4.98 Å². The van der Waals surface area contributed by atoms with E-state index in [0.717, 1.165) is 32.1 Å². The van der Waals surface area contributed by atoms with Crippen molar-refractivity contribution in [1.29, 1.82) is 0 Å². The van der Waals surface area contributed by atoms with Gasteiger partial charge >= 0.3 is 0 Å². The lowest BCUT2D eigenvalue weighted by Gasteiger charge is -2.53. The van der Waals surface area contributed by atoms with Crippen LogP contribution in [0.2, 0.25) is 0 Å². The molecular formula is C29H33NO2. The minimum atomic E-state index is -0.307. The Morgan fingerprint density at radius 1 is 1.28 bits per heavy atom. The number of aryl methyl sites for hydroxylation is 1. The molecule has 5 atom stereocenters. The Morgan fingerprint density at radius 2 is 2.16 bits per heavy atom. The summed E-state index contributed by atoms with van der Waals surface area (Å²) in [6, 6.07) is 2.07. The second kappa shape index (κ2) is 6.87. The van der Waals surface area contributed by atoms with E-state index in [4.69, 9.17) is 4.74 Å². The standard InChI is InChI=1S/C29H33NO2/c1-19(4-5-21-11-15-30-18-20(21)2)25-8-9-26-27(25,3)12-10-23-16-22-6-7-24(31)17-28(22)13-14-29(23,26)32-28/h4-5,10-11,15-16,18,25-26H,1,6-9,12-14,17H2,2-3H3/b5-4-/t25-,26-,27-,28-,29-/m1/s1. The topological polar surface area (TPSA) is 39.2 Å². The Hall–Kier alpha value is -2.26. The highest BCUT2D eigenvalue weighted by Crippen LogP contribution is 2.68. The molecule has 0 N–H and O–H groups in total. The van der Waals surface area contributed by atoms with Crippen molar-refractivity contribution in [3.05, 3.63) is 71.1 Å². The van der Waals surface area contributed by atoms with Crippen molar-refractivity contribution < 1.29 is 9.53 Å². The monoisotopic (exact) mass is 427 g/mol. The van der Waals surface area contributed by atoms with Crippen LogP contribution in [0.3, 0.4) is 0 Å². The Kier molecular flexibility index (Phi) is 4.37. The molecule has 6 rings (SSSR count). The highest BCUT2D eigenvalue weighted by molar-refractivity contribution is 5.82. The van der Waals surface area contributed by atoms with Gasteiger partial charge in [-0.3, -0.25) is 9.78 Å². The fourth-order valence-electron chi connectivity index (χ4n) is 7.82. The number of carbonyl (C=O) groups is 1. The molecule has 1 saturated heterocycles. The molecule has 2 saturated carbocycles. The van der Waals surface area contributed by atoms with Crippen LogP contribution in [0, 0.1) is 24.2 Å². The number of hydrogen-bond donors (Lipinski definition) is 0. The number of Topliss-reactive ketones (excluding diaryl/α,β-unsaturated/α-hetero) is 1. The smallest absolute Gasteiger partial charge is 0.136 e. The van der Waals surface area contributed by atoms with E-state index in [2.05, 4.69) is 55.8 Å². The third-order valence-electron chi connectivity index (χ3n) is 9.49. The van der Waals surface area contributed by atoms with Crippen molar-refractivity contribution in [2.24, 2.45) is 17.3 Å². The van der Waals surface area contributed by atoms with Crippen LogP contribution < -0.4 is 0 Å². The first-order valence-corrected chi connectivity index (χ1v) is 12.3. The van der Waals surface area contributed by atoms with E-state index < -0.39 is 0 Å². The summed E-state index contributed by atoms with van der Waals surface area (Å²) in [4.78, 5) is 16.6. The lowest BCUT2D eigenvalue weighted by atomic mass is 9.58. The van der Waals surface area contributed by atoms with Gasteiger partial charge in [0.25, 0.3) is 0 Å². The van der Waals surface area contributed by atoms with Gasteiger partial charge in [-0.05, 0) is 91.0 Å². The van der Waals surface area contributed by atoms with Gasteiger partial charge in [0.15, 0.2) is 0 Å². The minimum absolute atomic E-state index is 0.147. The lowest BCUT2D eigenvalue weighted by molar-refractivity contribution is -0.147. The molecule has 5 aliphatic rings. The average Bonchev–Trinajstić information content (AvgIpc) is 3.28. The van der Waals surface area contributed by atoms with Gasteiger partial charge in [-0.2, -0.15) is 0 Å². The molecule has 32 heavy (non-hydrogen) atoms. The van der Waals surface area contributed by atoms with E-state index in [1.807, 2.05) is 12.4 Å². The number of fused-ring (bicyclic) bond motifs is 1. The predicted octanol–water partition coefficient (Wildman–Crippen LogP) is 6.30. The van der Waals surface area contributed by atoms with Crippen LogP contribution in [-0.2, 0) is 9.53 Å². The Morgan fingerprint density at radius 3 is 3.00 bits per heavy atom. The minimum Gasteiger partial charge on any atom is -0.359 e. The van der Waals surface area contributed by atoms with Crippen molar-refractivity contribution in [2.75, 3.05) is 0 Å². The molecule has 3 nitrogen and oxygen atoms in total. The van der Waals surface area contributed by atoms with E-state index in [0.29, 0.717) is 30.5 Å². The van der Waals surface area contributed by atoms with E-state index in [-0.39, 0.29) is 16.6 Å². The molecule has 0 aromatic carbocycles. The summed E-state index contributed by atoms with van der Waals surface area (Å²) >= 11 is 0. The lowest BCUT2D eigenvalue weighted by Crippen LogP contribution is -2.54. The zero-order chi connectivity index (χ0) is 22.1. The molecule has 2 spiro atoms. The summed E-state index contributed by atoms with van der Waals surface area (Å²) < 4.78 is 7.09. The molecule has 0 unspecified atom stereocenters. The fraction of sp³-hybridized carbons (Fsp3) is 0.517. The molecule has 0 amide bonds. The average molecular weight is 428 g/mol. The van der Waals surface area contributed by atoms with Crippen LogP contribution in [-0.4, -0.2) is 22.0 Å². The zero-order valence-corrected chi connectivity index (χ0v) is 19.3. The molecule has 2 aliphatic heterocycles. The van der Waals surface area contributed by atoms with Crippen LogP contribution >= 0.6 is 0 Å². The quantitative estimate of drug-likeness (QED) is 0.531. The Bertz CT molecular complexity index is 1110. The highest BCUT2D eigenvalue weighted by atomic mass is 16.5. The van der Waals surface area contributed by atoms with Crippen molar-refractivity contribution in [3.8, 4) is 0 Å². The molecule has 3 aliphatic carbocycles. The predicted molar refractivity (Wildman–Crippen MR) is 127 cm³/mol. The number of pyridine rings is 1. The number of nitrogens with zero attached hydrogens (tertiary/aromatic N) is 1. The SMILES string of the molecule is C=C(/C=C\c1ccncc1C)[C@H]1CC[C@@H]2[C@]1(C)CC=C1C=C3CCC(=O)C[C@]34CC[C@@]12O4. The largest absolute Gasteiger partial charge is 0.359 e. The number of ether oxygens (including phenoxy) is 1. The van der Waals surface area contributed by atoms with Crippen molar-refractivity contribution >= 4 is 11.9 Å². The molecule has 166 valence electrons. The van der Waals surface area contributed by atoms with Gasteiger partial charge in [-0.25, -0.2) is 0 Å². The summed E-state index contributed by atoms with van der Waals surface area (Å²) in [6.45, 7) is 9.10. The van der Waals surface area contributed by atoms with E-state index in [9.17, 15) is 4.79 Å². The van der Waals surface area contributed by atoms with Crippen molar-refractivity contribution in [3.63, 3.8) is 0 Å². The molecule has 3 heterocycles. The second-order valence-electron chi connectivity index (χ2n) is 11.1. The first-order chi connectivity index (χ1) is 15.4. The number of hydrogen-bond acceptors (Lipinski definition) is 3. The van der Waals surface area contributed by atoms with Crippen LogP contribution in [0.1, 0.15) is 69.4 Å². The summed E-state index contributed by atoms with van der Waals surface area (Å²) in [5, 5.41) is 0. The second-order valence-corrected chi connectivity index (χ2v) is 11.1. The maximum Gasteiger partial charge on any atom is 0.136 e.